The van der Waals surface area contributed by atoms with Gasteiger partial charge in [0.2, 0.25) is 5.88 Å². The van der Waals surface area contributed by atoms with Gasteiger partial charge in [0.15, 0.2) is 0 Å². The average Bonchev–Trinajstić information content (AvgIpc) is 2.44. The zero-order valence-corrected chi connectivity index (χ0v) is 11.9. The molecule has 5 heteroatoms. The third-order valence-electron chi connectivity index (χ3n) is 2.69. The molecular weight excluding hydrogens is 252 g/mol. The molecular formula is C15H20N4O. The number of pyridine rings is 1. The lowest BCUT2D eigenvalue weighted by Crippen LogP contribution is -2.11. The second-order valence-corrected chi connectivity index (χ2v) is 4.85. The van der Waals surface area contributed by atoms with Gasteiger partial charge >= 0.3 is 0 Å². The molecule has 0 saturated heterocycles. The van der Waals surface area contributed by atoms with E-state index in [0.29, 0.717) is 18.5 Å². The summed E-state index contributed by atoms with van der Waals surface area (Å²) in [6.07, 6.45) is 7.06. The van der Waals surface area contributed by atoms with Crippen molar-refractivity contribution in [3.05, 3.63) is 42.5 Å². The number of anilines is 1. The van der Waals surface area contributed by atoms with Crippen molar-refractivity contribution in [2.24, 2.45) is 0 Å². The van der Waals surface area contributed by atoms with Crippen LogP contribution in [0.15, 0.2) is 36.9 Å². The van der Waals surface area contributed by atoms with Gasteiger partial charge < -0.3 is 10.1 Å². The molecule has 2 heterocycles. The molecule has 1 N–H and O–H groups in total. The highest BCUT2D eigenvalue weighted by Gasteiger charge is 2.01. The Morgan fingerprint density at radius 1 is 1.20 bits per heavy atom. The van der Waals surface area contributed by atoms with Crippen molar-refractivity contribution in [2.75, 3.05) is 11.9 Å². The van der Waals surface area contributed by atoms with E-state index in [0.717, 1.165) is 18.7 Å². The van der Waals surface area contributed by atoms with Crippen molar-refractivity contribution < 1.29 is 4.74 Å². The van der Waals surface area contributed by atoms with E-state index in [1.807, 2.05) is 30.6 Å². The highest BCUT2D eigenvalue weighted by Crippen LogP contribution is 2.12. The fourth-order valence-electron chi connectivity index (χ4n) is 1.80. The van der Waals surface area contributed by atoms with Gasteiger partial charge in [0.25, 0.3) is 0 Å². The van der Waals surface area contributed by atoms with Crippen molar-refractivity contribution in [1.29, 1.82) is 0 Å². The van der Waals surface area contributed by atoms with Crippen molar-refractivity contribution in [3.8, 4) is 5.88 Å². The lowest BCUT2D eigenvalue weighted by molar-refractivity contribution is 0.299. The number of aromatic nitrogens is 3. The van der Waals surface area contributed by atoms with Crippen LogP contribution in [-0.4, -0.2) is 27.6 Å². The molecule has 2 aromatic rings. The summed E-state index contributed by atoms with van der Waals surface area (Å²) in [5.74, 6) is 1.40. The lowest BCUT2D eigenvalue weighted by atomic mass is 10.1. The molecule has 2 rings (SSSR count). The summed E-state index contributed by atoms with van der Waals surface area (Å²) in [6, 6.07) is 6.21. The SMILES string of the molecule is CC(C)Nc1cc(OCCCc2ccncc2)ncn1. The van der Waals surface area contributed by atoms with E-state index in [9.17, 15) is 0 Å². The van der Waals surface area contributed by atoms with E-state index < -0.39 is 0 Å². The zero-order chi connectivity index (χ0) is 14.2. The van der Waals surface area contributed by atoms with E-state index in [4.69, 9.17) is 4.74 Å². The van der Waals surface area contributed by atoms with Gasteiger partial charge in [-0.3, -0.25) is 4.98 Å². The van der Waals surface area contributed by atoms with Crippen molar-refractivity contribution in [3.63, 3.8) is 0 Å². The molecule has 0 atom stereocenters. The van der Waals surface area contributed by atoms with Crippen LogP contribution < -0.4 is 10.1 Å². The smallest absolute Gasteiger partial charge is 0.218 e. The first-order valence-electron chi connectivity index (χ1n) is 6.84. The number of hydrogen-bond donors (Lipinski definition) is 1. The van der Waals surface area contributed by atoms with Gasteiger partial charge in [0.05, 0.1) is 6.61 Å². The third kappa shape index (κ3) is 4.84. The van der Waals surface area contributed by atoms with Crippen molar-refractivity contribution in [2.45, 2.75) is 32.7 Å². The van der Waals surface area contributed by atoms with E-state index in [1.54, 1.807) is 0 Å². The first-order valence-corrected chi connectivity index (χ1v) is 6.84. The topological polar surface area (TPSA) is 59.9 Å². The second-order valence-electron chi connectivity index (χ2n) is 4.85. The number of hydrogen-bond acceptors (Lipinski definition) is 5. The van der Waals surface area contributed by atoms with Gasteiger partial charge in [0, 0.05) is 24.5 Å². The Morgan fingerprint density at radius 3 is 2.75 bits per heavy atom. The Hall–Kier alpha value is -2.17. The highest BCUT2D eigenvalue weighted by molar-refractivity contribution is 5.37. The molecule has 0 saturated carbocycles. The zero-order valence-electron chi connectivity index (χ0n) is 11.9. The molecule has 0 aliphatic heterocycles. The average molecular weight is 272 g/mol. The summed E-state index contributed by atoms with van der Waals surface area (Å²) in [5.41, 5.74) is 1.27. The van der Waals surface area contributed by atoms with Gasteiger partial charge in [-0.15, -0.1) is 0 Å². The van der Waals surface area contributed by atoms with Gasteiger partial charge in [-0.1, -0.05) is 0 Å². The molecule has 0 fully saturated rings. The maximum atomic E-state index is 5.64. The van der Waals surface area contributed by atoms with Crippen LogP contribution in [0.3, 0.4) is 0 Å². The van der Waals surface area contributed by atoms with Crippen LogP contribution in [0.5, 0.6) is 5.88 Å². The van der Waals surface area contributed by atoms with Crippen LogP contribution in [0.4, 0.5) is 5.82 Å². The number of ether oxygens (including phenoxy) is 1. The predicted octanol–water partition coefficient (Wildman–Crippen LogP) is 2.70. The summed E-state index contributed by atoms with van der Waals surface area (Å²) in [7, 11) is 0. The Morgan fingerprint density at radius 2 is 2.00 bits per heavy atom. The fraction of sp³-hybridized carbons (Fsp3) is 0.400. The van der Waals surface area contributed by atoms with Crippen molar-refractivity contribution >= 4 is 5.82 Å². The molecule has 106 valence electrons. The maximum Gasteiger partial charge on any atom is 0.218 e. The Kier molecular flexibility index (Phi) is 5.29. The fourth-order valence-corrected chi connectivity index (χ4v) is 1.80. The minimum atomic E-state index is 0.337. The monoisotopic (exact) mass is 272 g/mol. The van der Waals surface area contributed by atoms with E-state index in [1.165, 1.54) is 11.9 Å². The first-order chi connectivity index (χ1) is 9.74. The summed E-state index contributed by atoms with van der Waals surface area (Å²) < 4.78 is 5.64. The summed E-state index contributed by atoms with van der Waals surface area (Å²) in [6.45, 7) is 4.77. The molecule has 2 aromatic heterocycles. The van der Waals surface area contributed by atoms with Crippen LogP contribution in [-0.2, 0) is 6.42 Å². The van der Waals surface area contributed by atoms with E-state index >= 15 is 0 Å². The number of nitrogens with zero attached hydrogens (tertiary/aromatic N) is 3. The van der Waals surface area contributed by atoms with Gasteiger partial charge in [-0.25, -0.2) is 9.97 Å². The van der Waals surface area contributed by atoms with Crippen LogP contribution in [0, 0.1) is 0 Å². The normalized spacial score (nSPS) is 10.6. The van der Waals surface area contributed by atoms with Crippen LogP contribution in [0.1, 0.15) is 25.8 Å². The molecule has 0 spiro atoms. The molecule has 5 nitrogen and oxygen atoms in total. The van der Waals surface area contributed by atoms with Gasteiger partial charge in [-0.05, 0) is 44.4 Å². The minimum Gasteiger partial charge on any atom is -0.478 e. The van der Waals surface area contributed by atoms with E-state index in [2.05, 4.69) is 34.1 Å². The molecule has 0 radical (unpaired) electrons. The molecule has 0 amide bonds. The Balaban J connectivity index is 1.76. The van der Waals surface area contributed by atoms with Crippen LogP contribution in [0.25, 0.3) is 0 Å². The minimum absolute atomic E-state index is 0.337. The maximum absolute atomic E-state index is 5.64. The summed E-state index contributed by atoms with van der Waals surface area (Å²) >= 11 is 0. The number of nitrogens with one attached hydrogen (secondary N) is 1. The molecule has 0 bridgehead atoms. The number of aryl methyl sites for hydroxylation is 1. The number of rotatable bonds is 7. The molecule has 0 aromatic carbocycles. The summed E-state index contributed by atoms with van der Waals surface area (Å²) in [5, 5.41) is 3.22. The molecule has 0 unspecified atom stereocenters. The highest BCUT2D eigenvalue weighted by atomic mass is 16.5. The first kappa shape index (κ1) is 14.2. The quantitative estimate of drug-likeness (QED) is 0.785. The Bertz CT molecular complexity index is 516. The van der Waals surface area contributed by atoms with E-state index in [-0.39, 0.29) is 0 Å². The summed E-state index contributed by atoms with van der Waals surface area (Å²) in [4.78, 5) is 12.3. The van der Waals surface area contributed by atoms with Gasteiger partial charge in [0.1, 0.15) is 12.1 Å². The predicted molar refractivity (Wildman–Crippen MR) is 78.8 cm³/mol. The van der Waals surface area contributed by atoms with Crippen molar-refractivity contribution in [1.82, 2.24) is 15.0 Å². The largest absolute Gasteiger partial charge is 0.478 e. The molecule has 0 aliphatic carbocycles. The molecule has 0 aliphatic rings. The van der Waals surface area contributed by atoms with Gasteiger partial charge in [-0.2, -0.15) is 0 Å². The lowest BCUT2D eigenvalue weighted by Gasteiger charge is -2.10. The van der Waals surface area contributed by atoms with Crippen LogP contribution in [0.2, 0.25) is 0 Å². The third-order valence-corrected chi connectivity index (χ3v) is 2.69. The molecule has 20 heavy (non-hydrogen) atoms. The van der Waals surface area contributed by atoms with Crippen LogP contribution >= 0.6 is 0 Å². The Labute approximate surface area is 119 Å². The standard InChI is InChI=1S/C15H20N4O/c1-12(2)19-14-10-15(18-11-17-14)20-9-3-4-13-5-7-16-8-6-13/h5-8,10-12H,3-4,9H2,1-2H3,(H,17,18,19). The second kappa shape index (κ2) is 7.43.